The molecule has 1 aromatic rings. The number of furan rings is 1. The van der Waals surface area contributed by atoms with Crippen molar-refractivity contribution in [1.29, 1.82) is 0 Å². The average Bonchev–Trinajstić information content (AvgIpc) is 2.56. The molecular weight excluding hydrogens is 156 g/mol. The molecule has 68 valence electrons. The van der Waals surface area contributed by atoms with Crippen molar-refractivity contribution in [2.45, 2.75) is 25.6 Å². The van der Waals surface area contributed by atoms with Crippen LogP contribution in [0.1, 0.15) is 25.2 Å². The van der Waals surface area contributed by atoms with Gasteiger partial charge in [0.25, 0.3) is 0 Å². The van der Waals surface area contributed by atoms with E-state index in [1.807, 2.05) is 6.92 Å². The second-order valence-corrected chi connectivity index (χ2v) is 2.81. The largest absolute Gasteiger partial charge is 0.467 e. The van der Waals surface area contributed by atoms with Gasteiger partial charge in [-0.2, -0.15) is 0 Å². The second-order valence-electron chi connectivity index (χ2n) is 2.81. The fourth-order valence-corrected chi connectivity index (χ4v) is 1.01. The molecule has 0 aliphatic carbocycles. The molecule has 1 aromatic heterocycles. The van der Waals surface area contributed by atoms with Gasteiger partial charge in [-0.3, -0.25) is 0 Å². The lowest BCUT2D eigenvalue weighted by Crippen LogP contribution is -2.10. The van der Waals surface area contributed by atoms with Gasteiger partial charge in [0.15, 0.2) is 0 Å². The van der Waals surface area contributed by atoms with Gasteiger partial charge in [0, 0.05) is 13.5 Å². The number of aliphatic hydroxyl groups is 1. The van der Waals surface area contributed by atoms with E-state index < -0.39 is 6.10 Å². The monoisotopic (exact) mass is 170 g/mol. The third kappa shape index (κ3) is 2.36. The van der Waals surface area contributed by atoms with Gasteiger partial charge in [-0.15, -0.1) is 0 Å². The van der Waals surface area contributed by atoms with E-state index in [9.17, 15) is 5.11 Å². The van der Waals surface area contributed by atoms with Crippen molar-refractivity contribution in [3.63, 3.8) is 0 Å². The van der Waals surface area contributed by atoms with Gasteiger partial charge in [-0.25, -0.2) is 0 Å². The molecule has 0 aromatic carbocycles. The number of aliphatic hydroxyl groups excluding tert-OH is 1. The van der Waals surface area contributed by atoms with Crippen LogP contribution in [0.4, 0.5) is 0 Å². The molecule has 3 nitrogen and oxygen atoms in total. The molecule has 12 heavy (non-hydrogen) atoms. The zero-order chi connectivity index (χ0) is 8.97. The van der Waals surface area contributed by atoms with E-state index in [1.165, 1.54) is 0 Å². The summed E-state index contributed by atoms with van der Waals surface area (Å²) in [6, 6.07) is 3.52. The Balaban J connectivity index is 2.44. The molecule has 0 spiro atoms. The van der Waals surface area contributed by atoms with Crippen molar-refractivity contribution in [2.24, 2.45) is 0 Å². The van der Waals surface area contributed by atoms with Crippen LogP contribution in [-0.4, -0.2) is 18.3 Å². The minimum absolute atomic E-state index is 0.0464. The van der Waals surface area contributed by atoms with Crippen LogP contribution < -0.4 is 0 Å². The van der Waals surface area contributed by atoms with Crippen molar-refractivity contribution < 1.29 is 14.3 Å². The van der Waals surface area contributed by atoms with Crippen LogP contribution in [-0.2, 0) is 4.74 Å². The molecule has 0 saturated carbocycles. The Morgan fingerprint density at radius 3 is 2.92 bits per heavy atom. The first-order chi connectivity index (χ1) is 5.74. The SMILES string of the molecule is COC(C)CC(O)c1ccco1. The Hall–Kier alpha value is -0.800. The first-order valence-corrected chi connectivity index (χ1v) is 3.98. The molecule has 1 heterocycles. The molecule has 0 aliphatic heterocycles. The Bertz CT molecular complexity index is 206. The molecule has 0 bridgehead atoms. The van der Waals surface area contributed by atoms with Gasteiger partial charge in [0.1, 0.15) is 11.9 Å². The summed E-state index contributed by atoms with van der Waals surface area (Å²) in [5, 5.41) is 9.54. The lowest BCUT2D eigenvalue weighted by molar-refractivity contribution is 0.0468. The van der Waals surface area contributed by atoms with Crippen LogP contribution in [0.2, 0.25) is 0 Å². The van der Waals surface area contributed by atoms with Crippen LogP contribution in [0.3, 0.4) is 0 Å². The first-order valence-electron chi connectivity index (χ1n) is 3.98. The highest BCUT2D eigenvalue weighted by Gasteiger charge is 2.13. The van der Waals surface area contributed by atoms with Crippen LogP contribution in [0.5, 0.6) is 0 Å². The van der Waals surface area contributed by atoms with Gasteiger partial charge < -0.3 is 14.3 Å². The highest BCUT2D eigenvalue weighted by atomic mass is 16.5. The molecule has 0 aliphatic rings. The van der Waals surface area contributed by atoms with Gasteiger partial charge in [0.2, 0.25) is 0 Å². The first kappa shape index (κ1) is 9.29. The van der Waals surface area contributed by atoms with E-state index in [2.05, 4.69) is 0 Å². The number of ether oxygens (including phenoxy) is 1. The third-order valence-corrected chi connectivity index (χ3v) is 1.83. The van der Waals surface area contributed by atoms with Crippen LogP contribution in [0.25, 0.3) is 0 Å². The minimum Gasteiger partial charge on any atom is -0.467 e. The smallest absolute Gasteiger partial charge is 0.132 e. The summed E-state index contributed by atoms with van der Waals surface area (Å²) >= 11 is 0. The zero-order valence-electron chi connectivity index (χ0n) is 7.36. The molecule has 0 radical (unpaired) electrons. The third-order valence-electron chi connectivity index (χ3n) is 1.83. The summed E-state index contributed by atoms with van der Waals surface area (Å²) in [4.78, 5) is 0. The van der Waals surface area contributed by atoms with Crippen molar-refractivity contribution in [1.82, 2.24) is 0 Å². The topological polar surface area (TPSA) is 42.6 Å². The molecule has 0 saturated heterocycles. The molecule has 2 atom stereocenters. The van der Waals surface area contributed by atoms with E-state index in [1.54, 1.807) is 25.5 Å². The van der Waals surface area contributed by atoms with Gasteiger partial charge in [-0.1, -0.05) is 0 Å². The van der Waals surface area contributed by atoms with E-state index in [0.717, 1.165) is 0 Å². The van der Waals surface area contributed by atoms with E-state index >= 15 is 0 Å². The van der Waals surface area contributed by atoms with Crippen molar-refractivity contribution in [3.05, 3.63) is 24.2 Å². The fourth-order valence-electron chi connectivity index (χ4n) is 1.01. The van der Waals surface area contributed by atoms with Gasteiger partial charge >= 0.3 is 0 Å². The summed E-state index contributed by atoms with van der Waals surface area (Å²) in [5.41, 5.74) is 0. The molecule has 1 N–H and O–H groups in total. The second kappa shape index (κ2) is 4.28. The summed E-state index contributed by atoms with van der Waals surface area (Å²) in [7, 11) is 1.62. The predicted molar refractivity (Wildman–Crippen MR) is 44.8 cm³/mol. The summed E-state index contributed by atoms with van der Waals surface area (Å²) in [6.45, 7) is 1.91. The maximum atomic E-state index is 9.54. The maximum absolute atomic E-state index is 9.54. The molecule has 3 heteroatoms. The number of rotatable bonds is 4. The maximum Gasteiger partial charge on any atom is 0.132 e. The lowest BCUT2D eigenvalue weighted by atomic mass is 10.1. The summed E-state index contributed by atoms with van der Waals surface area (Å²) < 4.78 is 10.1. The standard InChI is InChI=1S/C9H14O3/c1-7(11-2)6-8(10)9-4-3-5-12-9/h3-5,7-8,10H,6H2,1-2H3. The molecule has 2 unspecified atom stereocenters. The van der Waals surface area contributed by atoms with E-state index in [-0.39, 0.29) is 6.10 Å². The van der Waals surface area contributed by atoms with Crippen LogP contribution >= 0.6 is 0 Å². The fraction of sp³-hybridized carbons (Fsp3) is 0.556. The average molecular weight is 170 g/mol. The Morgan fingerprint density at radius 1 is 1.67 bits per heavy atom. The van der Waals surface area contributed by atoms with Crippen molar-refractivity contribution in [3.8, 4) is 0 Å². The van der Waals surface area contributed by atoms with Gasteiger partial charge in [-0.05, 0) is 19.1 Å². The number of hydrogen-bond acceptors (Lipinski definition) is 3. The van der Waals surface area contributed by atoms with E-state index in [0.29, 0.717) is 12.2 Å². The highest BCUT2D eigenvalue weighted by molar-refractivity contribution is 5.01. The van der Waals surface area contributed by atoms with Crippen molar-refractivity contribution in [2.75, 3.05) is 7.11 Å². The Kier molecular flexibility index (Phi) is 3.31. The predicted octanol–water partition coefficient (Wildman–Crippen LogP) is 1.74. The normalized spacial score (nSPS) is 15.9. The van der Waals surface area contributed by atoms with Crippen LogP contribution in [0, 0.1) is 0 Å². The highest BCUT2D eigenvalue weighted by Crippen LogP contribution is 2.19. The van der Waals surface area contributed by atoms with Gasteiger partial charge in [0.05, 0.1) is 12.4 Å². The molecule has 0 amide bonds. The van der Waals surface area contributed by atoms with Crippen molar-refractivity contribution >= 4 is 0 Å². The number of hydrogen-bond donors (Lipinski definition) is 1. The zero-order valence-corrected chi connectivity index (χ0v) is 7.36. The number of methoxy groups -OCH3 is 1. The quantitative estimate of drug-likeness (QED) is 0.748. The Labute approximate surface area is 72.0 Å². The summed E-state index contributed by atoms with van der Waals surface area (Å²) in [5.74, 6) is 0.596. The summed E-state index contributed by atoms with van der Waals surface area (Å²) in [6.07, 6.45) is 1.60. The minimum atomic E-state index is -0.560. The van der Waals surface area contributed by atoms with E-state index in [4.69, 9.17) is 9.15 Å². The molecule has 0 fully saturated rings. The molecule has 1 rings (SSSR count). The lowest BCUT2D eigenvalue weighted by Gasteiger charge is -2.12. The molecular formula is C9H14O3. The Morgan fingerprint density at radius 2 is 2.42 bits per heavy atom. The van der Waals surface area contributed by atoms with Crippen LogP contribution in [0.15, 0.2) is 22.8 Å².